The second-order valence-electron chi connectivity index (χ2n) is 12.9. The molecule has 0 radical (unpaired) electrons. The Labute approximate surface area is 265 Å². The van der Waals surface area contributed by atoms with E-state index in [1.165, 1.54) is 180 Å². The van der Waals surface area contributed by atoms with Gasteiger partial charge in [-0.15, -0.1) is 0 Å². The van der Waals surface area contributed by atoms with Crippen molar-refractivity contribution in [2.24, 2.45) is 0 Å². The van der Waals surface area contributed by atoms with Gasteiger partial charge >= 0.3 is 0 Å². The van der Waals surface area contributed by atoms with Gasteiger partial charge in [-0.05, 0) is 31.0 Å². The van der Waals surface area contributed by atoms with Gasteiger partial charge < -0.3 is 0 Å². The Morgan fingerprint density at radius 2 is 0.619 bits per heavy atom. The molecule has 0 aliphatic carbocycles. The maximum Gasteiger partial charge on any atom is 0.0257 e. The van der Waals surface area contributed by atoms with Crippen molar-refractivity contribution in [2.75, 3.05) is 0 Å². The van der Waals surface area contributed by atoms with Gasteiger partial charge in [-0.1, -0.05) is 211 Å². The summed E-state index contributed by atoms with van der Waals surface area (Å²) in [6, 6.07) is 8.51. The molecule has 42 heavy (non-hydrogen) atoms. The highest BCUT2D eigenvalue weighted by Gasteiger charge is 1.96. The lowest BCUT2D eigenvalue weighted by molar-refractivity contribution is 0.536. The number of hydrogen-bond donors (Lipinski definition) is 0. The number of hydrogen-bond acceptors (Lipinski definition) is 0. The molecular weight excluding hydrogens is 504 g/mol. The minimum Gasteiger partial charge on any atom is -0.0979 e. The molecule has 238 valence electrons. The van der Waals surface area contributed by atoms with Crippen LogP contribution in [0.2, 0.25) is 0 Å². The van der Waals surface area contributed by atoms with E-state index in [1.807, 2.05) is 0 Å². The largest absolute Gasteiger partial charge is 0.0979 e. The highest BCUT2D eigenvalue weighted by molar-refractivity contribution is 5.43. The van der Waals surface area contributed by atoms with E-state index >= 15 is 0 Å². The van der Waals surface area contributed by atoms with Crippen LogP contribution in [0.25, 0.3) is 0 Å². The first kappa shape index (κ1) is 38.4. The summed E-state index contributed by atoms with van der Waals surface area (Å²) < 4.78 is 0. The van der Waals surface area contributed by atoms with Crippen LogP contribution in [0, 0.1) is 23.7 Å². The van der Waals surface area contributed by atoms with Crippen LogP contribution in [0.4, 0.5) is 0 Å². The zero-order valence-electron chi connectivity index (χ0n) is 28.5. The van der Waals surface area contributed by atoms with Crippen LogP contribution in [-0.4, -0.2) is 0 Å². The minimum atomic E-state index is 1.02. The molecule has 0 spiro atoms. The molecule has 0 heterocycles. The summed E-state index contributed by atoms with van der Waals surface area (Å²) in [6.07, 6.45) is 41.5. The molecule has 0 N–H and O–H groups in total. The number of unbranched alkanes of at least 4 members (excludes halogenated alkanes) is 28. The molecular formula is C42H70. The number of benzene rings is 1. The van der Waals surface area contributed by atoms with Crippen molar-refractivity contribution in [2.45, 2.75) is 206 Å². The average Bonchev–Trinajstić information content (AvgIpc) is 3.01. The topological polar surface area (TPSA) is 0 Å². The molecule has 0 bridgehead atoms. The Bertz CT molecular complexity index is 744. The van der Waals surface area contributed by atoms with Gasteiger partial charge in [-0.25, -0.2) is 0 Å². The van der Waals surface area contributed by atoms with Crippen LogP contribution < -0.4 is 0 Å². The highest BCUT2D eigenvalue weighted by atomic mass is 14.0. The van der Waals surface area contributed by atoms with Gasteiger partial charge in [0.25, 0.3) is 0 Å². The lowest BCUT2D eigenvalue weighted by Gasteiger charge is -2.02. The third-order valence-corrected chi connectivity index (χ3v) is 8.64. The fourth-order valence-electron chi connectivity index (χ4n) is 5.82. The second-order valence-corrected chi connectivity index (χ2v) is 12.9. The van der Waals surface area contributed by atoms with Crippen molar-refractivity contribution in [1.82, 2.24) is 0 Å². The molecule has 0 nitrogen and oxygen atoms in total. The van der Waals surface area contributed by atoms with Gasteiger partial charge in [0.1, 0.15) is 0 Å². The first-order valence-corrected chi connectivity index (χ1v) is 18.9. The molecule has 1 rings (SSSR count). The Kier molecular flexibility index (Phi) is 29.5. The van der Waals surface area contributed by atoms with E-state index in [-0.39, 0.29) is 0 Å². The lowest BCUT2D eigenvalue weighted by atomic mass is 10.0. The maximum absolute atomic E-state index is 3.40. The van der Waals surface area contributed by atoms with Crippen LogP contribution in [0.1, 0.15) is 218 Å². The Balaban J connectivity index is 1.96. The third kappa shape index (κ3) is 27.2. The van der Waals surface area contributed by atoms with Crippen molar-refractivity contribution in [1.29, 1.82) is 0 Å². The molecule has 0 saturated heterocycles. The molecule has 0 heteroatoms. The fourth-order valence-corrected chi connectivity index (χ4v) is 5.82. The van der Waals surface area contributed by atoms with Crippen LogP contribution >= 0.6 is 0 Å². The Morgan fingerprint density at radius 3 is 0.905 bits per heavy atom. The minimum absolute atomic E-state index is 1.02. The van der Waals surface area contributed by atoms with Crippen molar-refractivity contribution in [3.05, 3.63) is 35.4 Å². The monoisotopic (exact) mass is 575 g/mol. The van der Waals surface area contributed by atoms with Gasteiger partial charge in [0.15, 0.2) is 0 Å². The average molecular weight is 575 g/mol. The Morgan fingerprint density at radius 1 is 0.357 bits per heavy atom. The molecule has 1 aromatic rings. The van der Waals surface area contributed by atoms with Crippen LogP contribution in [0.15, 0.2) is 24.3 Å². The summed E-state index contributed by atoms with van der Waals surface area (Å²) in [5.74, 6) is 13.5. The molecule has 0 aliphatic rings. The van der Waals surface area contributed by atoms with E-state index < -0.39 is 0 Å². The predicted octanol–water partition coefficient (Wildman–Crippen LogP) is 14.1. The molecule has 0 amide bonds. The fraction of sp³-hybridized carbons (Fsp3) is 0.762. The molecule has 0 fully saturated rings. The predicted molar refractivity (Wildman–Crippen MR) is 190 cm³/mol. The van der Waals surface area contributed by atoms with E-state index in [0.29, 0.717) is 0 Å². The second kappa shape index (κ2) is 32.3. The summed E-state index contributed by atoms with van der Waals surface area (Å²) in [4.78, 5) is 0. The summed E-state index contributed by atoms with van der Waals surface area (Å²) in [5, 5.41) is 0. The zero-order chi connectivity index (χ0) is 30.0. The van der Waals surface area contributed by atoms with E-state index in [9.17, 15) is 0 Å². The first-order chi connectivity index (χ1) is 20.9. The molecule has 0 aliphatic heterocycles. The summed E-state index contributed by atoms with van der Waals surface area (Å²) in [6.45, 7) is 4.59. The van der Waals surface area contributed by atoms with Crippen LogP contribution in [0.5, 0.6) is 0 Å². The van der Waals surface area contributed by atoms with Gasteiger partial charge in [-0.2, -0.15) is 0 Å². The molecule has 1 aromatic carbocycles. The number of rotatable bonds is 28. The molecule has 0 unspecified atom stereocenters. The quantitative estimate of drug-likeness (QED) is 0.0689. The van der Waals surface area contributed by atoms with Crippen molar-refractivity contribution in [3.8, 4) is 23.7 Å². The van der Waals surface area contributed by atoms with Crippen LogP contribution in [0.3, 0.4) is 0 Å². The SMILES string of the molecule is CCCCCCCCCCCCCCCCC#Cc1cccc(C#CCCCCCCCCCCCCCCCC)c1. The molecule has 0 atom stereocenters. The first-order valence-electron chi connectivity index (χ1n) is 18.9. The van der Waals surface area contributed by atoms with E-state index in [0.717, 1.165) is 24.0 Å². The summed E-state index contributed by atoms with van der Waals surface area (Å²) in [7, 11) is 0. The third-order valence-electron chi connectivity index (χ3n) is 8.64. The standard InChI is InChI=1S/C42H70/c1-3-5-7-9-11-13-15-17-19-21-23-25-27-29-31-33-36-41-38-35-39-42(40-41)37-34-32-30-28-26-24-22-20-18-16-14-12-10-8-6-4-2/h35,38-40H,3-32H2,1-2H3. The van der Waals surface area contributed by atoms with Crippen molar-refractivity contribution >= 4 is 0 Å². The molecule has 0 aromatic heterocycles. The normalized spacial score (nSPS) is 10.7. The van der Waals surface area contributed by atoms with Gasteiger partial charge in [0.2, 0.25) is 0 Å². The van der Waals surface area contributed by atoms with Gasteiger partial charge in [0.05, 0.1) is 0 Å². The van der Waals surface area contributed by atoms with Gasteiger partial charge in [0, 0.05) is 24.0 Å². The summed E-state index contributed by atoms with van der Waals surface area (Å²) in [5.41, 5.74) is 2.23. The highest BCUT2D eigenvalue weighted by Crippen LogP contribution is 2.15. The van der Waals surface area contributed by atoms with Crippen molar-refractivity contribution in [3.63, 3.8) is 0 Å². The maximum atomic E-state index is 3.40. The van der Waals surface area contributed by atoms with Gasteiger partial charge in [-0.3, -0.25) is 0 Å². The Hall–Kier alpha value is -1.66. The van der Waals surface area contributed by atoms with E-state index in [4.69, 9.17) is 0 Å². The zero-order valence-corrected chi connectivity index (χ0v) is 28.5. The van der Waals surface area contributed by atoms with E-state index in [1.54, 1.807) is 0 Å². The molecule has 0 saturated carbocycles. The van der Waals surface area contributed by atoms with E-state index in [2.05, 4.69) is 61.8 Å². The smallest absolute Gasteiger partial charge is 0.0257 e. The van der Waals surface area contributed by atoms with Crippen molar-refractivity contribution < 1.29 is 0 Å². The summed E-state index contributed by atoms with van der Waals surface area (Å²) >= 11 is 0. The van der Waals surface area contributed by atoms with Crippen LogP contribution in [-0.2, 0) is 0 Å². The lowest BCUT2D eigenvalue weighted by Crippen LogP contribution is -1.83.